The van der Waals surface area contributed by atoms with Crippen molar-refractivity contribution in [1.29, 1.82) is 0 Å². The molecule has 0 unspecified atom stereocenters. The molecule has 106 valence electrons. The SMILES string of the molecule is O=C(O)/C=C1\CCCc2ccc(-c3ccc(O)cc3)cc21. The van der Waals surface area contributed by atoms with E-state index < -0.39 is 5.97 Å². The first-order valence-corrected chi connectivity index (χ1v) is 7.00. The summed E-state index contributed by atoms with van der Waals surface area (Å²) < 4.78 is 0. The maximum absolute atomic E-state index is 11.0. The lowest BCUT2D eigenvalue weighted by atomic mass is 9.85. The molecule has 3 heteroatoms. The van der Waals surface area contributed by atoms with Gasteiger partial charge in [-0.1, -0.05) is 24.3 Å². The van der Waals surface area contributed by atoms with Crippen molar-refractivity contribution >= 4 is 11.5 Å². The molecule has 0 saturated carbocycles. The lowest BCUT2D eigenvalue weighted by Gasteiger charge is -2.19. The van der Waals surface area contributed by atoms with Crippen LogP contribution in [0.15, 0.2) is 48.5 Å². The molecule has 0 heterocycles. The molecule has 3 rings (SSSR count). The number of benzene rings is 2. The summed E-state index contributed by atoms with van der Waals surface area (Å²) in [6.07, 6.45) is 4.10. The maximum atomic E-state index is 11.0. The summed E-state index contributed by atoms with van der Waals surface area (Å²) in [5, 5.41) is 18.4. The highest BCUT2D eigenvalue weighted by molar-refractivity contribution is 5.91. The monoisotopic (exact) mass is 280 g/mol. The van der Waals surface area contributed by atoms with Crippen LogP contribution in [0.4, 0.5) is 0 Å². The van der Waals surface area contributed by atoms with E-state index in [1.54, 1.807) is 12.1 Å². The fraction of sp³-hybridized carbons (Fsp3) is 0.167. The van der Waals surface area contributed by atoms with Crippen LogP contribution in [0.5, 0.6) is 5.75 Å². The van der Waals surface area contributed by atoms with Gasteiger partial charge in [-0.3, -0.25) is 0 Å². The largest absolute Gasteiger partial charge is 0.508 e. The van der Waals surface area contributed by atoms with E-state index in [1.165, 1.54) is 11.6 Å². The third-order valence-corrected chi connectivity index (χ3v) is 3.85. The van der Waals surface area contributed by atoms with Gasteiger partial charge in [0.25, 0.3) is 0 Å². The quantitative estimate of drug-likeness (QED) is 0.821. The van der Waals surface area contributed by atoms with Crippen molar-refractivity contribution < 1.29 is 15.0 Å². The number of phenolic OH excluding ortho intramolecular Hbond substituents is 1. The van der Waals surface area contributed by atoms with Crippen LogP contribution in [0.25, 0.3) is 16.7 Å². The van der Waals surface area contributed by atoms with Crippen molar-refractivity contribution in [3.05, 3.63) is 59.7 Å². The third-order valence-electron chi connectivity index (χ3n) is 3.85. The highest BCUT2D eigenvalue weighted by Gasteiger charge is 2.16. The second-order valence-corrected chi connectivity index (χ2v) is 5.28. The normalized spacial score (nSPS) is 15.7. The van der Waals surface area contributed by atoms with E-state index in [0.717, 1.165) is 41.5 Å². The van der Waals surface area contributed by atoms with Gasteiger partial charge in [-0.15, -0.1) is 0 Å². The summed E-state index contributed by atoms with van der Waals surface area (Å²) in [5.41, 5.74) is 5.18. The number of aliphatic carboxylic acids is 1. The lowest BCUT2D eigenvalue weighted by molar-refractivity contribution is -0.131. The molecule has 0 fully saturated rings. The molecule has 0 bridgehead atoms. The molecule has 0 amide bonds. The molecule has 0 saturated heterocycles. The second-order valence-electron chi connectivity index (χ2n) is 5.28. The van der Waals surface area contributed by atoms with E-state index in [9.17, 15) is 9.90 Å². The number of aromatic hydroxyl groups is 1. The predicted octanol–water partition coefficient (Wildman–Crippen LogP) is 3.86. The fourth-order valence-electron chi connectivity index (χ4n) is 2.83. The molecule has 0 spiro atoms. The molecule has 21 heavy (non-hydrogen) atoms. The Bertz CT molecular complexity index is 712. The number of carboxylic acid groups (broad SMARTS) is 1. The minimum Gasteiger partial charge on any atom is -0.508 e. The van der Waals surface area contributed by atoms with E-state index in [4.69, 9.17) is 5.11 Å². The standard InChI is InChI=1S/C18H16O3/c19-16-8-6-12(7-9-16)14-5-4-13-2-1-3-15(11-18(20)21)17(13)10-14/h4-11,19H,1-3H2,(H,20,21)/b15-11+. The van der Waals surface area contributed by atoms with Crippen molar-refractivity contribution in [3.8, 4) is 16.9 Å². The van der Waals surface area contributed by atoms with E-state index in [-0.39, 0.29) is 5.75 Å². The average Bonchev–Trinajstić information content (AvgIpc) is 2.47. The molecule has 2 aromatic rings. The van der Waals surface area contributed by atoms with Gasteiger partial charge >= 0.3 is 5.97 Å². The Hall–Kier alpha value is -2.55. The lowest BCUT2D eigenvalue weighted by Crippen LogP contribution is -2.04. The van der Waals surface area contributed by atoms with E-state index in [2.05, 4.69) is 18.2 Å². The van der Waals surface area contributed by atoms with Gasteiger partial charge in [0.2, 0.25) is 0 Å². The Morgan fingerprint density at radius 2 is 1.71 bits per heavy atom. The van der Waals surface area contributed by atoms with Crippen LogP contribution in [-0.2, 0) is 11.2 Å². The first-order chi connectivity index (χ1) is 10.1. The predicted molar refractivity (Wildman–Crippen MR) is 82.1 cm³/mol. The van der Waals surface area contributed by atoms with Crippen molar-refractivity contribution in [3.63, 3.8) is 0 Å². The Morgan fingerprint density at radius 1 is 1.00 bits per heavy atom. The van der Waals surface area contributed by atoms with Crippen LogP contribution in [0.1, 0.15) is 24.0 Å². The molecule has 0 radical (unpaired) electrons. The van der Waals surface area contributed by atoms with Crippen LogP contribution >= 0.6 is 0 Å². The summed E-state index contributed by atoms with van der Waals surface area (Å²) >= 11 is 0. The van der Waals surface area contributed by atoms with Gasteiger partial charge in [0.05, 0.1) is 0 Å². The summed E-state index contributed by atoms with van der Waals surface area (Å²) in [4.78, 5) is 11.0. The number of rotatable bonds is 2. The number of aryl methyl sites for hydroxylation is 1. The van der Waals surface area contributed by atoms with Crippen LogP contribution in [-0.4, -0.2) is 16.2 Å². The fourth-order valence-corrected chi connectivity index (χ4v) is 2.83. The third kappa shape index (κ3) is 2.82. The minimum absolute atomic E-state index is 0.239. The van der Waals surface area contributed by atoms with Crippen LogP contribution in [0, 0.1) is 0 Å². The first kappa shape index (κ1) is 13.4. The highest BCUT2D eigenvalue weighted by Crippen LogP contribution is 2.34. The van der Waals surface area contributed by atoms with Gasteiger partial charge < -0.3 is 10.2 Å². The molecular weight excluding hydrogens is 264 g/mol. The molecule has 1 aliphatic rings. The van der Waals surface area contributed by atoms with Crippen molar-refractivity contribution in [2.24, 2.45) is 0 Å². The van der Waals surface area contributed by atoms with Crippen LogP contribution in [0.2, 0.25) is 0 Å². The minimum atomic E-state index is -0.895. The molecule has 1 aliphatic carbocycles. The van der Waals surface area contributed by atoms with Gasteiger partial charge in [0, 0.05) is 6.08 Å². The Kier molecular flexibility index (Phi) is 3.48. The molecule has 0 atom stereocenters. The van der Waals surface area contributed by atoms with E-state index in [1.807, 2.05) is 12.1 Å². The summed E-state index contributed by atoms with van der Waals surface area (Å²) in [6, 6.07) is 13.2. The van der Waals surface area contributed by atoms with E-state index in [0.29, 0.717) is 0 Å². The number of hydrogen-bond donors (Lipinski definition) is 2. The number of hydrogen-bond acceptors (Lipinski definition) is 2. The van der Waals surface area contributed by atoms with Crippen LogP contribution < -0.4 is 0 Å². The van der Waals surface area contributed by atoms with Crippen LogP contribution in [0.3, 0.4) is 0 Å². The number of fused-ring (bicyclic) bond motifs is 1. The molecule has 3 nitrogen and oxygen atoms in total. The van der Waals surface area contributed by atoms with Gasteiger partial charge in [0.15, 0.2) is 0 Å². The number of phenols is 1. The zero-order chi connectivity index (χ0) is 14.8. The topological polar surface area (TPSA) is 57.5 Å². The number of allylic oxidation sites excluding steroid dienone is 1. The summed E-state index contributed by atoms with van der Waals surface area (Å²) in [5.74, 6) is -0.656. The molecule has 0 aromatic heterocycles. The Morgan fingerprint density at radius 3 is 2.43 bits per heavy atom. The molecule has 2 N–H and O–H groups in total. The smallest absolute Gasteiger partial charge is 0.328 e. The van der Waals surface area contributed by atoms with E-state index >= 15 is 0 Å². The number of carbonyl (C=O) groups is 1. The average molecular weight is 280 g/mol. The molecular formula is C18H16O3. The number of carboxylic acids is 1. The van der Waals surface area contributed by atoms with Gasteiger partial charge in [-0.25, -0.2) is 4.79 Å². The second kappa shape index (κ2) is 5.44. The summed E-state index contributed by atoms with van der Waals surface area (Å²) in [6.45, 7) is 0. The Balaban J connectivity index is 2.07. The first-order valence-electron chi connectivity index (χ1n) is 7.00. The van der Waals surface area contributed by atoms with Gasteiger partial charge in [-0.05, 0) is 65.3 Å². The Labute approximate surface area is 123 Å². The maximum Gasteiger partial charge on any atom is 0.328 e. The van der Waals surface area contributed by atoms with Crippen molar-refractivity contribution in [2.75, 3.05) is 0 Å². The summed E-state index contributed by atoms with van der Waals surface area (Å²) in [7, 11) is 0. The zero-order valence-electron chi connectivity index (χ0n) is 11.5. The molecule has 2 aromatic carbocycles. The van der Waals surface area contributed by atoms with Gasteiger partial charge in [-0.2, -0.15) is 0 Å². The highest BCUT2D eigenvalue weighted by atomic mass is 16.4. The zero-order valence-corrected chi connectivity index (χ0v) is 11.5. The van der Waals surface area contributed by atoms with Gasteiger partial charge in [0.1, 0.15) is 5.75 Å². The van der Waals surface area contributed by atoms with Crippen molar-refractivity contribution in [2.45, 2.75) is 19.3 Å². The van der Waals surface area contributed by atoms with Crippen molar-refractivity contribution in [1.82, 2.24) is 0 Å². The molecule has 0 aliphatic heterocycles.